The van der Waals surface area contributed by atoms with Gasteiger partial charge < -0.3 is 5.32 Å². The van der Waals surface area contributed by atoms with Gasteiger partial charge in [-0.3, -0.25) is 4.79 Å². The zero-order valence-electron chi connectivity index (χ0n) is 13.8. The minimum Gasteiger partial charge on any atom is -0.308 e. The molecule has 1 N–H and O–H groups in total. The fourth-order valence-electron chi connectivity index (χ4n) is 2.14. The van der Waals surface area contributed by atoms with Gasteiger partial charge in [-0.25, -0.2) is 4.98 Å². The molecule has 0 spiro atoms. The molecule has 0 bridgehead atoms. The third kappa shape index (κ3) is 4.14. The van der Waals surface area contributed by atoms with Crippen molar-refractivity contribution in [2.45, 2.75) is 24.3 Å². The summed E-state index contributed by atoms with van der Waals surface area (Å²) in [6.45, 7) is 3.72. The molecule has 2 aromatic heterocycles. The standard InChI is InChI=1S/C16H14Cl2N6OS/c1-9-5-3-4-6-13(9)24-16(21-22-23-24)26-10(2)15(25)20-14-12(18)7-11(17)8-19-14/h3-8,10H,1-2H3,(H,19,20,25)/t10-/m1/s1. The zero-order chi connectivity index (χ0) is 18.7. The minimum atomic E-state index is -0.475. The summed E-state index contributed by atoms with van der Waals surface area (Å²) in [6, 6.07) is 9.24. The second-order valence-electron chi connectivity index (χ2n) is 5.39. The molecule has 1 atom stereocenters. The molecule has 3 rings (SSSR count). The average molecular weight is 409 g/mol. The number of nitrogens with one attached hydrogen (secondary N) is 1. The van der Waals surface area contributed by atoms with Gasteiger partial charge in [0.25, 0.3) is 0 Å². The van der Waals surface area contributed by atoms with Gasteiger partial charge >= 0.3 is 0 Å². The number of benzene rings is 1. The van der Waals surface area contributed by atoms with Crippen molar-refractivity contribution in [1.82, 2.24) is 25.2 Å². The number of aromatic nitrogens is 5. The monoisotopic (exact) mass is 408 g/mol. The molecule has 1 aromatic carbocycles. The van der Waals surface area contributed by atoms with Crippen LogP contribution in [0.4, 0.5) is 5.82 Å². The van der Waals surface area contributed by atoms with E-state index in [1.807, 2.05) is 31.2 Å². The van der Waals surface area contributed by atoms with Gasteiger partial charge in [0.05, 0.1) is 21.0 Å². The van der Waals surface area contributed by atoms with Gasteiger partial charge in [0.1, 0.15) is 0 Å². The van der Waals surface area contributed by atoms with Gasteiger partial charge in [-0.05, 0) is 42.0 Å². The smallest absolute Gasteiger partial charge is 0.238 e. The first kappa shape index (κ1) is 18.6. The number of hydrogen-bond donors (Lipinski definition) is 1. The van der Waals surface area contributed by atoms with Crippen LogP contribution in [0.25, 0.3) is 5.69 Å². The SMILES string of the molecule is Cc1ccccc1-n1nnnc1S[C@H](C)C(=O)Nc1ncc(Cl)cc1Cl. The molecule has 0 aliphatic heterocycles. The van der Waals surface area contributed by atoms with Crippen LogP contribution in [-0.2, 0) is 4.79 Å². The van der Waals surface area contributed by atoms with E-state index in [2.05, 4.69) is 25.8 Å². The molecule has 10 heteroatoms. The predicted octanol–water partition coefficient (Wildman–Crippen LogP) is 3.79. The highest BCUT2D eigenvalue weighted by atomic mass is 35.5. The van der Waals surface area contributed by atoms with Gasteiger partial charge in [-0.15, -0.1) is 5.10 Å². The molecule has 0 fully saturated rings. The van der Waals surface area contributed by atoms with Crippen molar-refractivity contribution >= 4 is 46.7 Å². The number of nitrogens with zero attached hydrogens (tertiary/aromatic N) is 5. The first-order chi connectivity index (χ1) is 12.5. The summed E-state index contributed by atoms with van der Waals surface area (Å²) in [7, 11) is 0. The molecule has 134 valence electrons. The van der Waals surface area contributed by atoms with E-state index in [-0.39, 0.29) is 16.7 Å². The van der Waals surface area contributed by atoms with E-state index >= 15 is 0 Å². The van der Waals surface area contributed by atoms with E-state index in [0.717, 1.165) is 11.3 Å². The highest BCUT2D eigenvalue weighted by molar-refractivity contribution is 8.00. The van der Waals surface area contributed by atoms with Crippen LogP contribution in [-0.4, -0.2) is 36.3 Å². The summed E-state index contributed by atoms with van der Waals surface area (Å²) in [6.07, 6.45) is 1.42. The number of carbonyl (C=O) groups excluding carboxylic acids is 1. The third-order valence-corrected chi connectivity index (χ3v) is 5.01. The molecule has 0 saturated carbocycles. The number of halogens is 2. The Balaban J connectivity index is 1.74. The van der Waals surface area contributed by atoms with E-state index in [0.29, 0.717) is 10.2 Å². The lowest BCUT2D eigenvalue weighted by molar-refractivity contribution is -0.115. The molecular formula is C16H14Cl2N6OS. The Bertz CT molecular complexity index is 948. The first-order valence-corrected chi connectivity index (χ1v) is 9.22. The Kier molecular flexibility index (Phi) is 5.75. The second-order valence-corrected chi connectivity index (χ2v) is 7.54. The van der Waals surface area contributed by atoms with Crippen molar-refractivity contribution in [3.63, 3.8) is 0 Å². The maximum atomic E-state index is 12.4. The van der Waals surface area contributed by atoms with Crippen LogP contribution in [0, 0.1) is 6.92 Å². The van der Waals surface area contributed by atoms with Crippen molar-refractivity contribution in [3.8, 4) is 5.69 Å². The van der Waals surface area contributed by atoms with Crippen molar-refractivity contribution in [3.05, 3.63) is 52.1 Å². The first-order valence-electron chi connectivity index (χ1n) is 7.58. The minimum absolute atomic E-state index is 0.256. The molecule has 0 radical (unpaired) electrons. The van der Waals surface area contributed by atoms with Gasteiger partial charge in [-0.1, -0.05) is 53.2 Å². The number of rotatable bonds is 5. The number of amides is 1. The molecule has 2 heterocycles. The lowest BCUT2D eigenvalue weighted by Gasteiger charge is -2.12. The summed E-state index contributed by atoms with van der Waals surface area (Å²) in [5.74, 6) is -0.0157. The zero-order valence-corrected chi connectivity index (χ0v) is 16.2. The molecule has 0 saturated heterocycles. The predicted molar refractivity (Wildman–Crippen MR) is 102 cm³/mol. The van der Waals surface area contributed by atoms with E-state index in [4.69, 9.17) is 23.2 Å². The summed E-state index contributed by atoms with van der Waals surface area (Å²) < 4.78 is 1.61. The van der Waals surface area contributed by atoms with Crippen LogP contribution in [0.5, 0.6) is 0 Å². The Morgan fingerprint density at radius 3 is 2.81 bits per heavy atom. The number of para-hydroxylation sites is 1. The Morgan fingerprint density at radius 1 is 1.31 bits per heavy atom. The summed E-state index contributed by atoms with van der Waals surface area (Å²) in [5.41, 5.74) is 1.88. The Hall–Kier alpha value is -2.16. The van der Waals surface area contributed by atoms with Crippen molar-refractivity contribution in [2.75, 3.05) is 5.32 Å². The summed E-state index contributed by atoms with van der Waals surface area (Å²) in [5, 5.41) is 15.1. The molecule has 1 amide bonds. The quantitative estimate of drug-likeness (QED) is 0.646. The number of carbonyl (C=O) groups is 1. The number of aryl methyl sites for hydroxylation is 1. The highest BCUT2D eigenvalue weighted by Crippen LogP contribution is 2.27. The number of thioether (sulfide) groups is 1. The van der Waals surface area contributed by atoms with Crippen LogP contribution >= 0.6 is 35.0 Å². The van der Waals surface area contributed by atoms with Crippen molar-refractivity contribution in [1.29, 1.82) is 0 Å². The molecule has 0 aliphatic carbocycles. The van der Waals surface area contributed by atoms with Gasteiger partial charge in [0.2, 0.25) is 11.1 Å². The lowest BCUT2D eigenvalue weighted by Crippen LogP contribution is -2.23. The van der Waals surface area contributed by atoms with Crippen LogP contribution in [0.15, 0.2) is 41.7 Å². The van der Waals surface area contributed by atoms with Gasteiger partial charge in [0.15, 0.2) is 5.82 Å². The largest absolute Gasteiger partial charge is 0.308 e. The molecule has 3 aromatic rings. The number of anilines is 1. The Morgan fingerprint density at radius 2 is 2.08 bits per heavy atom. The van der Waals surface area contributed by atoms with Crippen molar-refractivity contribution in [2.24, 2.45) is 0 Å². The van der Waals surface area contributed by atoms with Gasteiger partial charge in [-0.2, -0.15) is 4.68 Å². The molecule has 0 unspecified atom stereocenters. The number of pyridine rings is 1. The summed E-state index contributed by atoms with van der Waals surface area (Å²) >= 11 is 13.1. The number of tetrazole rings is 1. The van der Waals surface area contributed by atoms with Crippen molar-refractivity contribution < 1.29 is 4.79 Å². The van der Waals surface area contributed by atoms with E-state index in [1.165, 1.54) is 24.0 Å². The van der Waals surface area contributed by atoms with Gasteiger partial charge in [0, 0.05) is 6.20 Å². The van der Waals surface area contributed by atoms with Crippen LogP contribution in [0.1, 0.15) is 12.5 Å². The van der Waals surface area contributed by atoms with E-state index in [1.54, 1.807) is 11.6 Å². The molecular weight excluding hydrogens is 395 g/mol. The fraction of sp³-hybridized carbons (Fsp3) is 0.188. The lowest BCUT2D eigenvalue weighted by atomic mass is 10.2. The van der Waals surface area contributed by atoms with E-state index < -0.39 is 5.25 Å². The average Bonchev–Trinajstić information content (AvgIpc) is 3.05. The fourth-order valence-corrected chi connectivity index (χ4v) is 3.37. The molecule has 7 nitrogen and oxygen atoms in total. The number of hydrogen-bond acceptors (Lipinski definition) is 6. The Labute approximate surface area is 164 Å². The summed E-state index contributed by atoms with van der Waals surface area (Å²) in [4.78, 5) is 16.5. The third-order valence-electron chi connectivity index (χ3n) is 3.49. The topological polar surface area (TPSA) is 85.6 Å². The maximum Gasteiger partial charge on any atom is 0.238 e. The van der Waals surface area contributed by atoms with Crippen LogP contribution in [0.2, 0.25) is 10.0 Å². The van der Waals surface area contributed by atoms with Crippen LogP contribution in [0.3, 0.4) is 0 Å². The van der Waals surface area contributed by atoms with Crippen LogP contribution < -0.4 is 5.32 Å². The highest BCUT2D eigenvalue weighted by Gasteiger charge is 2.21. The molecule has 26 heavy (non-hydrogen) atoms. The van der Waals surface area contributed by atoms with E-state index in [9.17, 15) is 4.79 Å². The second kappa shape index (κ2) is 8.03. The maximum absolute atomic E-state index is 12.4. The molecule has 0 aliphatic rings. The normalized spacial score (nSPS) is 12.0.